The lowest BCUT2D eigenvalue weighted by Crippen LogP contribution is -2.52. The second-order valence-electron chi connectivity index (χ2n) is 7.47. The zero-order chi connectivity index (χ0) is 21.1. The summed E-state index contributed by atoms with van der Waals surface area (Å²) in [6.07, 6.45) is 0. The minimum absolute atomic E-state index is 0. The summed E-state index contributed by atoms with van der Waals surface area (Å²) in [5, 5.41) is 6.84. The predicted octanol–water partition coefficient (Wildman–Crippen LogP) is 2.80. The normalized spacial score (nSPS) is 18.4. The molecule has 1 aliphatic heterocycles. The Morgan fingerprint density at radius 2 is 2.13 bits per heavy atom. The van der Waals surface area contributed by atoms with E-state index in [1.54, 1.807) is 7.05 Å². The fourth-order valence-electron chi connectivity index (χ4n) is 3.45. The molecular formula is C22H39IN4O3. The minimum Gasteiger partial charge on any atom is -0.491 e. The van der Waals surface area contributed by atoms with Gasteiger partial charge in [0.15, 0.2) is 5.96 Å². The smallest absolute Gasteiger partial charge is 0.191 e. The van der Waals surface area contributed by atoms with Gasteiger partial charge in [0, 0.05) is 50.9 Å². The zero-order valence-electron chi connectivity index (χ0n) is 19.1. The minimum atomic E-state index is 0. The van der Waals surface area contributed by atoms with Crippen LogP contribution in [0.3, 0.4) is 0 Å². The van der Waals surface area contributed by atoms with Crippen LogP contribution in [-0.2, 0) is 16.0 Å². The van der Waals surface area contributed by atoms with E-state index in [0.29, 0.717) is 38.4 Å². The summed E-state index contributed by atoms with van der Waals surface area (Å²) >= 11 is 0. The van der Waals surface area contributed by atoms with Crippen molar-refractivity contribution in [3.63, 3.8) is 0 Å². The first kappa shape index (κ1) is 26.9. The molecule has 0 amide bonds. The maximum Gasteiger partial charge on any atom is 0.191 e. The van der Waals surface area contributed by atoms with Gasteiger partial charge in [0.2, 0.25) is 0 Å². The van der Waals surface area contributed by atoms with Crippen LogP contribution in [0, 0.1) is 6.92 Å². The van der Waals surface area contributed by atoms with Crippen LogP contribution in [0.1, 0.15) is 31.9 Å². The van der Waals surface area contributed by atoms with E-state index in [2.05, 4.69) is 59.5 Å². The molecule has 1 aromatic rings. The number of morpholine rings is 1. The number of nitrogens with one attached hydrogen (secondary N) is 2. The highest BCUT2D eigenvalue weighted by molar-refractivity contribution is 14.0. The van der Waals surface area contributed by atoms with Crippen LogP contribution in [0.5, 0.6) is 5.75 Å². The molecule has 172 valence electrons. The van der Waals surface area contributed by atoms with Crippen molar-refractivity contribution < 1.29 is 14.2 Å². The van der Waals surface area contributed by atoms with E-state index in [0.717, 1.165) is 43.6 Å². The Labute approximate surface area is 199 Å². The van der Waals surface area contributed by atoms with E-state index in [1.165, 1.54) is 5.56 Å². The molecule has 1 heterocycles. The van der Waals surface area contributed by atoms with Crippen molar-refractivity contribution in [1.29, 1.82) is 0 Å². The van der Waals surface area contributed by atoms with Gasteiger partial charge in [-0.1, -0.05) is 12.1 Å². The van der Waals surface area contributed by atoms with Crippen LogP contribution < -0.4 is 15.4 Å². The second kappa shape index (κ2) is 14.8. The number of halogens is 1. The summed E-state index contributed by atoms with van der Waals surface area (Å²) < 4.78 is 16.8. The number of benzene rings is 1. The van der Waals surface area contributed by atoms with Crippen LogP contribution in [-0.4, -0.2) is 76.1 Å². The Morgan fingerprint density at radius 1 is 1.33 bits per heavy atom. The summed E-state index contributed by atoms with van der Waals surface area (Å²) in [4.78, 5) is 6.84. The number of aryl methyl sites for hydroxylation is 1. The van der Waals surface area contributed by atoms with E-state index in [1.807, 2.05) is 6.92 Å². The van der Waals surface area contributed by atoms with Crippen molar-refractivity contribution in [3.05, 3.63) is 29.3 Å². The molecule has 8 heteroatoms. The average molecular weight is 534 g/mol. The topological polar surface area (TPSA) is 67.4 Å². The molecule has 0 aliphatic carbocycles. The van der Waals surface area contributed by atoms with Crippen molar-refractivity contribution in [2.75, 3.05) is 53.2 Å². The number of guanidine groups is 1. The van der Waals surface area contributed by atoms with Crippen LogP contribution in [0.4, 0.5) is 0 Å². The maximum absolute atomic E-state index is 5.93. The van der Waals surface area contributed by atoms with Gasteiger partial charge in [-0.25, -0.2) is 0 Å². The molecule has 0 aromatic heterocycles. The first-order chi connectivity index (χ1) is 14.0. The molecule has 0 bridgehead atoms. The Kier molecular flexibility index (Phi) is 13.3. The molecule has 1 fully saturated rings. The van der Waals surface area contributed by atoms with E-state index in [4.69, 9.17) is 14.2 Å². The number of aliphatic imine (C=N–C) groups is 1. The zero-order valence-corrected chi connectivity index (χ0v) is 21.4. The van der Waals surface area contributed by atoms with Crippen LogP contribution in [0.25, 0.3) is 0 Å². The molecule has 0 radical (unpaired) electrons. The first-order valence-corrected chi connectivity index (χ1v) is 10.6. The monoisotopic (exact) mass is 534 g/mol. The molecule has 2 N–H and O–H groups in total. The Bertz CT molecular complexity index is 645. The van der Waals surface area contributed by atoms with Gasteiger partial charge < -0.3 is 24.8 Å². The third kappa shape index (κ3) is 8.95. The van der Waals surface area contributed by atoms with E-state index >= 15 is 0 Å². The van der Waals surface area contributed by atoms with Crippen molar-refractivity contribution in [1.82, 2.24) is 15.5 Å². The van der Waals surface area contributed by atoms with Gasteiger partial charge in [-0.15, -0.1) is 24.0 Å². The van der Waals surface area contributed by atoms with Crippen LogP contribution >= 0.6 is 24.0 Å². The van der Waals surface area contributed by atoms with E-state index in [9.17, 15) is 0 Å². The Balaban J connectivity index is 0.00000450. The molecule has 2 atom stereocenters. The number of rotatable bonds is 10. The Morgan fingerprint density at radius 3 is 2.83 bits per heavy atom. The van der Waals surface area contributed by atoms with Gasteiger partial charge in [-0.2, -0.15) is 0 Å². The summed E-state index contributed by atoms with van der Waals surface area (Å²) in [5.74, 6) is 1.68. The predicted molar refractivity (Wildman–Crippen MR) is 133 cm³/mol. The number of hydrogen-bond acceptors (Lipinski definition) is 5. The largest absolute Gasteiger partial charge is 0.491 e. The number of nitrogens with zero attached hydrogens (tertiary/aromatic N) is 2. The van der Waals surface area contributed by atoms with Crippen molar-refractivity contribution in [3.8, 4) is 5.75 Å². The molecule has 0 saturated carbocycles. The fourth-order valence-corrected chi connectivity index (χ4v) is 3.45. The van der Waals surface area contributed by atoms with Gasteiger partial charge in [-0.05, 0) is 39.3 Å². The summed E-state index contributed by atoms with van der Waals surface area (Å²) in [6, 6.07) is 7.12. The number of ether oxygens (including phenoxy) is 3. The molecule has 1 aliphatic rings. The third-order valence-electron chi connectivity index (χ3n) is 5.13. The highest BCUT2D eigenvalue weighted by Crippen LogP contribution is 2.20. The van der Waals surface area contributed by atoms with Crippen LogP contribution in [0.15, 0.2) is 23.2 Å². The first-order valence-electron chi connectivity index (χ1n) is 10.6. The lowest BCUT2D eigenvalue weighted by atomic mass is 10.1. The molecule has 0 spiro atoms. The van der Waals surface area contributed by atoms with Gasteiger partial charge in [0.1, 0.15) is 12.4 Å². The summed E-state index contributed by atoms with van der Waals surface area (Å²) in [6.45, 7) is 14.4. The Hall–Kier alpha value is -1.10. The van der Waals surface area contributed by atoms with E-state index < -0.39 is 0 Å². The average Bonchev–Trinajstić information content (AvgIpc) is 2.72. The van der Waals surface area contributed by atoms with Crippen molar-refractivity contribution in [2.24, 2.45) is 4.99 Å². The molecule has 7 nitrogen and oxygen atoms in total. The lowest BCUT2D eigenvalue weighted by Gasteiger charge is -2.38. The van der Waals surface area contributed by atoms with E-state index in [-0.39, 0.29) is 24.0 Å². The summed E-state index contributed by atoms with van der Waals surface area (Å²) in [5.41, 5.74) is 2.28. The fraction of sp³-hybridized carbons (Fsp3) is 0.682. The highest BCUT2D eigenvalue weighted by atomic mass is 127. The standard InChI is InChI=1S/C22H38N4O3.HI/c1-6-27-11-12-29-21-13-17(2)7-8-20(21)15-25-22(23-5)24-14-18(3)26-9-10-28-16-19(26)4;/h7-8,13,18-19H,6,9-12,14-16H2,1-5H3,(H2,23,24,25);1H. The van der Waals surface area contributed by atoms with Crippen LogP contribution in [0.2, 0.25) is 0 Å². The molecule has 2 rings (SSSR count). The molecule has 30 heavy (non-hydrogen) atoms. The number of hydrogen-bond donors (Lipinski definition) is 2. The molecular weight excluding hydrogens is 495 g/mol. The molecule has 1 aromatic carbocycles. The summed E-state index contributed by atoms with van der Waals surface area (Å²) in [7, 11) is 1.80. The SMILES string of the molecule is CCOCCOc1cc(C)ccc1CNC(=NC)NCC(C)N1CCOCC1C.I. The van der Waals surface area contributed by atoms with Crippen molar-refractivity contribution in [2.45, 2.75) is 46.3 Å². The molecule has 1 saturated heterocycles. The highest BCUT2D eigenvalue weighted by Gasteiger charge is 2.23. The van der Waals surface area contributed by atoms with Gasteiger partial charge >= 0.3 is 0 Å². The third-order valence-corrected chi connectivity index (χ3v) is 5.13. The maximum atomic E-state index is 5.93. The van der Waals surface area contributed by atoms with Crippen molar-refractivity contribution >= 4 is 29.9 Å². The van der Waals surface area contributed by atoms with Gasteiger partial charge in [0.25, 0.3) is 0 Å². The quantitative estimate of drug-likeness (QED) is 0.208. The molecule has 2 unspecified atom stereocenters. The second-order valence-corrected chi connectivity index (χ2v) is 7.47. The van der Waals surface area contributed by atoms with Gasteiger partial charge in [-0.3, -0.25) is 9.89 Å². The van der Waals surface area contributed by atoms with Gasteiger partial charge in [0.05, 0.1) is 19.8 Å². The lowest BCUT2D eigenvalue weighted by molar-refractivity contribution is -0.0174.